The van der Waals surface area contributed by atoms with E-state index in [2.05, 4.69) is 15.5 Å². The molecule has 5 rings (SSSR count). The molecule has 0 spiro atoms. The van der Waals surface area contributed by atoms with E-state index in [-0.39, 0.29) is 30.5 Å². The molecule has 1 aliphatic heterocycles. The lowest BCUT2D eigenvalue weighted by Crippen LogP contribution is -2.40. The topological polar surface area (TPSA) is 117 Å². The number of carbonyl (C=O) groups is 3. The van der Waals surface area contributed by atoms with Gasteiger partial charge in [0.05, 0.1) is 11.4 Å². The van der Waals surface area contributed by atoms with Crippen molar-refractivity contribution >= 4 is 29.3 Å². The van der Waals surface area contributed by atoms with Gasteiger partial charge in [-0.15, -0.1) is 0 Å². The van der Waals surface area contributed by atoms with E-state index < -0.39 is 6.09 Å². The smallest absolute Gasteiger partial charge is 0.412 e. The second-order valence-corrected chi connectivity index (χ2v) is 11.5. The Morgan fingerprint density at radius 2 is 1.65 bits per heavy atom. The van der Waals surface area contributed by atoms with E-state index in [0.29, 0.717) is 43.0 Å². The maximum absolute atomic E-state index is 13.2. The molecular weight excluding hydrogens is 542 g/mol. The van der Waals surface area contributed by atoms with Crippen LogP contribution in [0.25, 0.3) is 0 Å². The molecule has 2 fully saturated rings. The van der Waals surface area contributed by atoms with Crippen LogP contribution in [0.5, 0.6) is 0 Å². The minimum Gasteiger partial charge on any atom is -0.444 e. The minimum atomic E-state index is -0.602. The zero-order valence-electron chi connectivity index (χ0n) is 24.8. The van der Waals surface area contributed by atoms with Crippen molar-refractivity contribution in [3.8, 4) is 0 Å². The van der Waals surface area contributed by atoms with E-state index in [0.717, 1.165) is 48.9 Å². The van der Waals surface area contributed by atoms with Crippen LogP contribution in [0.15, 0.2) is 72.8 Å². The van der Waals surface area contributed by atoms with E-state index in [4.69, 9.17) is 10.5 Å². The monoisotopic (exact) mass is 583 g/mol. The van der Waals surface area contributed by atoms with Crippen molar-refractivity contribution < 1.29 is 19.1 Å². The van der Waals surface area contributed by atoms with Gasteiger partial charge in [0, 0.05) is 49.4 Å². The Kier molecular flexibility index (Phi) is 9.94. The van der Waals surface area contributed by atoms with Crippen LogP contribution in [-0.2, 0) is 11.3 Å². The van der Waals surface area contributed by atoms with Gasteiger partial charge < -0.3 is 25.6 Å². The molecule has 1 saturated heterocycles. The van der Waals surface area contributed by atoms with Gasteiger partial charge in [-0.25, -0.2) is 4.79 Å². The van der Waals surface area contributed by atoms with Gasteiger partial charge in [0.25, 0.3) is 11.8 Å². The predicted octanol–water partition coefficient (Wildman–Crippen LogP) is 5.10. The van der Waals surface area contributed by atoms with Gasteiger partial charge >= 0.3 is 6.09 Å². The summed E-state index contributed by atoms with van der Waals surface area (Å²) in [6, 6.07) is 22.8. The number of hydrogen-bond donors (Lipinski definition) is 3. The van der Waals surface area contributed by atoms with Crippen molar-refractivity contribution in [3.05, 3.63) is 95.1 Å². The third-order valence-electron chi connectivity index (χ3n) is 8.20. The normalized spacial score (nSPS) is 18.8. The van der Waals surface area contributed by atoms with E-state index in [1.54, 1.807) is 12.1 Å². The van der Waals surface area contributed by atoms with Crippen LogP contribution >= 0.6 is 0 Å². The Morgan fingerprint density at radius 1 is 0.860 bits per heavy atom. The fraction of sp³-hybridized carbons (Fsp3) is 0.382. The molecule has 3 aromatic carbocycles. The van der Waals surface area contributed by atoms with Crippen LogP contribution in [0.3, 0.4) is 0 Å². The molecule has 3 aromatic rings. The first-order valence-electron chi connectivity index (χ1n) is 15.1. The molecule has 1 aliphatic carbocycles. The lowest BCUT2D eigenvalue weighted by atomic mass is 9.91. The summed E-state index contributed by atoms with van der Waals surface area (Å²) >= 11 is 0. The molecule has 9 nitrogen and oxygen atoms in total. The third kappa shape index (κ3) is 8.14. The van der Waals surface area contributed by atoms with Crippen molar-refractivity contribution in [2.75, 3.05) is 36.4 Å². The molecule has 0 aromatic heterocycles. The molecule has 2 aliphatic rings. The summed E-state index contributed by atoms with van der Waals surface area (Å²) in [5, 5.41) is 6.02. The van der Waals surface area contributed by atoms with Crippen LogP contribution in [-0.4, -0.2) is 61.1 Å². The average molecular weight is 584 g/mol. The first kappa shape index (κ1) is 30.1. The number of ether oxygens (including phenoxy) is 1. The second-order valence-electron chi connectivity index (χ2n) is 11.5. The Balaban J connectivity index is 1.31. The number of amides is 3. The predicted molar refractivity (Wildman–Crippen MR) is 168 cm³/mol. The Labute approximate surface area is 253 Å². The molecule has 0 unspecified atom stereocenters. The number of nitrogens with one attached hydrogen (secondary N) is 2. The maximum atomic E-state index is 13.2. The van der Waals surface area contributed by atoms with Gasteiger partial charge in [0.2, 0.25) is 0 Å². The highest BCUT2D eigenvalue weighted by Gasteiger charge is 2.25. The number of aryl methyl sites for hydroxylation is 1. The van der Waals surface area contributed by atoms with E-state index in [1.165, 1.54) is 0 Å². The molecule has 43 heavy (non-hydrogen) atoms. The van der Waals surface area contributed by atoms with Crippen molar-refractivity contribution in [1.29, 1.82) is 0 Å². The first-order valence-corrected chi connectivity index (χ1v) is 15.1. The highest BCUT2D eigenvalue weighted by atomic mass is 16.5. The van der Waals surface area contributed by atoms with Crippen LogP contribution < -0.4 is 21.3 Å². The SMILES string of the molecule is Cc1cccc(C(=O)N2CCCN(c3ccc(C(=O)NC4CCC(N)CC4)cc3NC(=O)OCc3ccccc3)CC2)c1. The van der Waals surface area contributed by atoms with Crippen LogP contribution in [0.1, 0.15) is 63.9 Å². The van der Waals surface area contributed by atoms with Gasteiger partial charge in [-0.1, -0.05) is 48.0 Å². The van der Waals surface area contributed by atoms with Crippen molar-refractivity contribution in [2.24, 2.45) is 5.73 Å². The minimum absolute atomic E-state index is 0.0177. The van der Waals surface area contributed by atoms with Crippen molar-refractivity contribution in [2.45, 2.75) is 57.7 Å². The summed E-state index contributed by atoms with van der Waals surface area (Å²) in [5.74, 6) is -0.164. The highest BCUT2D eigenvalue weighted by molar-refractivity contribution is 5.99. The first-order chi connectivity index (χ1) is 20.9. The van der Waals surface area contributed by atoms with Gasteiger partial charge in [0.15, 0.2) is 0 Å². The van der Waals surface area contributed by atoms with Crippen molar-refractivity contribution in [3.63, 3.8) is 0 Å². The molecule has 1 saturated carbocycles. The van der Waals surface area contributed by atoms with Crippen LogP contribution in [0.2, 0.25) is 0 Å². The van der Waals surface area contributed by atoms with Gasteiger partial charge in [0.1, 0.15) is 6.61 Å². The number of anilines is 2. The third-order valence-corrected chi connectivity index (χ3v) is 8.20. The summed E-state index contributed by atoms with van der Waals surface area (Å²) < 4.78 is 5.50. The lowest BCUT2D eigenvalue weighted by Gasteiger charge is -2.28. The van der Waals surface area contributed by atoms with Crippen LogP contribution in [0, 0.1) is 6.92 Å². The van der Waals surface area contributed by atoms with Gasteiger partial charge in [-0.05, 0) is 74.9 Å². The summed E-state index contributed by atoms with van der Waals surface area (Å²) in [4.78, 5) is 43.4. The van der Waals surface area contributed by atoms with E-state index in [9.17, 15) is 14.4 Å². The summed E-state index contributed by atoms with van der Waals surface area (Å²) in [5.41, 5.74) is 10.4. The Morgan fingerprint density at radius 3 is 2.42 bits per heavy atom. The summed E-state index contributed by atoms with van der Waals surface area (Å²) in [6.07, 6.45) is 3.66. The molecule has 3 amide bonds. The number of nitrogens with zero attached hydrogens (tertiary/aromatic N) is 2. The number of nitrogens with two attached hydrogens (primary N) is 1. The second kappa shape index (κ2) is 14.2. The van der Waals surface area contributed by atoms with Crippen molar-refractivity contribution in [1.82, 2.24) is 10.2 Å². The number of carbonyl (C=O) groups excluding carboxylic acids is 3. The molecular formula is C34H41N5O4. The fourth-order valence-corrected chi connectivity index (χ4v) is 5.78. The molecule has 0 bridgehead atoms. The zero-order chi connectivity index (χ0) is 30.2. The number of benzene rings is 3. The molecule has 226 valence electrons. The molecule has 9 heteroatoms. The standard InChI is InChI=1S/C34H41N5O4/c1-24-7-5-10-27(21-24)33(41)39-18-6-17-38(19-20-39)31-16-11-26(32(40)36-29-14-12-28(35)13-15-29)22-30(31)37-34(42)43-23-25-8-3-2-4-9-25/h2-5,7-11,16,21-22,28-29H,6,12-15,17-20,23,35H2,1H3,(H,36,40)(H,37,42). The van der Waals surface area contributed by atoms with Gasteiger partial charge in [-0.2, -0.15) is 0 Å². The molecule has 0 atom stereocenters. The highest BCUT2D eigenvalue weighted by Crippen LogP contribution is 2.29. The molecule has 1 heterocycles. The summed E-state index contributed by atoms with van der Waals surface area (Å²) in [6.45, 7) is 4.56. The number of rotatable bonds is 7. The zero-order valence-corrected chi connectivity index (χ0v) is 24.8. The lowest BCUT2D eigenvalue weighted by molar-refractivity contribution is 0.0766. The maximum Gasteiger partial charge on any atom is 0.412 e. The van der Waals surface area contributed by atoms with Gasteiger partial charge in [-0.3, -0.25) is 14.9 Å². The van der Waals surface area contributed by atoms with E-state index in [1.807, 2.05) is 72.5 Å². The quantitative estimate of drug-likeness (QED) is 0.357. The summed E-state index contributed by atoms with van der Waals surface area (Å²) in [7, 11) is 0. The molecule has 0 radical (unpaired) electrons. The Hall–Kier alpha value is -4.37. The molecule has 4 N–H and O–H groups in total. The Bertz CT molecular complexity index is 1420. The number of hydrogen-bond acceptors (Lipinski definition) is 6. The van der Waals surface area contributed by atoms with Crippen LogP contribution in [0.4, 0.5) is 16.2 Å². The average Bonchev–Trinajstić information content (AvgIpc) is 3.27. The fourth-order valence-electron chi connectivity index (χ4n) is 5.78. The van der Waals surface area contributed by atoms with E-state index >= 15 is 0 Å². The largest absolute Gasteiger partial charge is 0.444 e.